The molecule has 3 aromatic rings. The lowest BCUT2D eigenvalue weighted by atomic mass is 10.0. The van der Waals surface area contributed by atoms with Crippen LogP contribution in [0.3, 0.4) is 0 Å². The van der Waals surface area contributed by atoms with E-state index in [1.165, 1.54) is 5.69 Å². The van der Waals surface area contributed by atoms with Crippen LogP contribution in [0, 0.1) is 0 Å². The summed E-state index contributed by atoms with van der Waals surface area (Å²) >= 11 is 0. The topological polar surface area (TPSA) is 50.8 Å². The fourth-order valence-corrected chi connectivity index (χ4v) is 3.70. The third kappa shape index (κ3) is 4.74. The van der Waals surface area contributed by atoms with Crippen LogP contribution >= 0.6 is 0 Å². The zero-order valence-corrected chi connectivity index (χ0v) is 17.1. The van der Waals surface area contributed by atoms with E-state index in [-0.39, 0.29) is 11.9 Å². The Morgan fingerprint density at radius 3 is 2.23 bits per heavy atom. The Labute approximate surface area is 177 Å². The van der Waals surface area contributed by atoms with Gasteiger partial charge in [0.05, 0.1) is 12.7 Å². The van der Waals surface area contributed by atoms with E-state index in [4.69, 9.17) is 9.47 Å². The number of hydrogen-bond acceptors (Lipinski definition) is 4. The predicted octanol–water partition coefficient (Wildman–Crippen LogP) is 4.89. The van der Waals surface area contributed by atoms with Gasteiger partial charge in [0.15, 0.2) is 0 Å². The van der Waals surface area contributed by atoms with Gasteiger partial charge in [-0.25, -0.2) is 0 Å². The van der Waals surface area contributed by atoms with Crippen LogP contribution in [0.2, 0.25) is 0 Å². The maximum Gasteiger partial charge on any atom is 0.255 e. The van der Waals surface area contributed by atoms with Gasteiger partial charge in [0.25, 0.3) is 5.91 Å². The van der Waals surface area contributed by atoms with Crippen LogP contribution in [0.5, 0.6) is 17.2 Å². The Hall–Kier alpha value is -3.47. The molecule has 0 saturated carbocycles. The van der Waals surface area contributed by atoms with Gasteiger partial charge in [-0.1, -0.05) is 30.3 Å². The maximum absolute atomic E-state index is 12.9. The first-order chi connectivity index (χ1) is 14.7. The summed E-state index contributed by atoms with van der Waals surface area (Å²) in [5, 5.41) is 3.19. The maximum atomic E-state index is 12.9. The molecule has 1 heterocycles. The van der Waals surface area contributed by atoms with Gasteiger partial charge in [0, 0.05) is 24.8 Å². The van der Waals surface area contributed by atoms with E-state index in [2.05, 4.69) is 22.3 Å². The van der Waals surface area contributed by atoms with Gasteiger partial charge in [-0.05, 0) is 61.4 Å². The summed E-state index contributed by atoms with van der Waals surface area (Å²) in [5.41, 5.74) is 1.74. The van der Waals surface area contributed by atoms with Crippen LogP contribution in [0.25, 0.3) is 0 Å². The van der Waals surface area contributed by atoms with Crippen molar-refractivity contribution in [3.8, 4) is 17.2 Å². The van der Waals surface area contributed by atoms with Crippen LogP contribution in [0.1, 0.15) is 23.2 Å². The summed E-state index contributed by atoms with van der Waals surface area (Å²) in [6.45, 7) is 1.80. The number of amides is 1. The zero-order chi connectivity index (χ0) is 20.8. The Morgan fingerprint density at radius 2 is 1.53 bits per heavy atom. The number of carbonyl (C=O) groups is 1. The fourth-order valence-electron chi connectivity index (χ4n) is 3.70. The van der Waals surface area contributed by atoms with E-state index >= 15 is 0 Å². The molecule has 4 rings (SSSR count). The lowest BCUT2D eigenvalue weighted by Crippen LogP contribution is -2.44. The molecule has 0 spiro atoms. The standard InChI is InChI=1S/C25H26N2O3/c1-29-21-13-11-20(12-14-21)27-17-15-19(16-18-27)26-25(28)23-9-5-6-10-24(23)30-22-7-3-2-4-8-22/h2-14,19H,15-18H2,1H3,(H,26,28). The third-order valence-electron chi connectivity index (χ3n) is 5.37. The molecule has 5 heteroatoms. The molecule has 30 heavy (non-hydrogen) atoms. The molecule has 154 valence electrons. The number of anilines is 1. The predicted molar refractivity (Wildman–Crippen MR) is 119 cm³/mol. The second-order valence-electron chi connectivity index (χ2n) is 7.34. The number of hydrogen-bond donors (Lipinski definition) is 1. The molecule has 0 unspecified atom stereocenters. The third-order valence-corrected chi connectivity index (χ3v) is 5.37. The molecule has 0 atom stereocenters. The van der Waals surface area contributed by atoms with Crippen LogP contribution in [-0.2, 0) is 0 Å². The minimum Gasteiger partial charge on any atom is -0.497 e. The van der Waals surface area contributed by atoms with Crippen molar-refractivity contribution < 1.29 is 14.3 Å². The molecular weight excluding hydrogens is 376 g/mol. The number of para-hydroxylation sites is 2. The lowest BCUT2D eigenvalue weighted by Gasteiger charge is -2.34. The molecule has 0 aliphatic carbocycles. The van der Waals surface area contributed by atoms with Crippen molar-refractivity contribution in [1.29, 1.82) is 0 Å². The summed E-state index contributed by atoms with van der Waals surface area (Å²) in [5.74, 6) is 2.05. The van der Waals surface area contributed by atoms with Crippen molar-refractivity contribution in [3.05, 3.63) is 84.4 Å². The van der Waals surface area contributed by atoms with Gasteiger partial charge in [-0.3, -0.25) is 4.79 Å². The molecule has 1 N–H and O–H groups in total. The number of piperidine rings is 1. The first-order valence-electron chi connectivity index (χ1n) is 10.2. The number of carbonyl (C=O) groups excluding carboxylic acids is 1. The molecule has 5 nitrogen and oxygen atoms in total. The molecule has 1 fully saturated rings. The smallest absolute Gasteiger partial charge is 0.255 e. The van der Waals surface area contributed by atoms with Crippen LogP contribution in [0.15, 0.2) is 78.9 Å². The van der Waals surface area contributed by atoms with E-state index in [9.17, 15) is 4.79 Å². The Kier molecular flexibility index (Phi) is 6.18. The molecule has 3 aromatic carbocycles. The normalized spacial score (nSPS) is 14.2. The Morgan fingerprint density at radius 1 is 0.867 bits per heavy atom. The average Bonchev–Trinajstić information content (AvgIpc) is 2.81. The summed E-state index contributed by atoms with van der Waals surface area (Å²) in [6, 6.07) is 25.1. The van der Waals surface area contributed by atoms with Crippen molar-refractivity contribution in [2.24, 2.45) is 0 Å². The summed E-state index contributed by atoms with van der Waals surface area (Å²) in [6.07, 6.45) is 1.80. The highest BCUT2D eigenvalue weighted by molar-refractivity contribution is 5.97. The minimum absolute atomic E-state index is 0.0931. The largest absolute Gasteiger partial charge is 0.497 e. The van der Waals surface area contributed by atoms with Gasteiger partial charge in [-0.15, -0.1) is 0 Å². The fraction of sp³-hybridized carbons (Fsp3) is 0.240. The number of ether oxygens (including phenoxy) is 2. The van der Waals surface area contributed by atoms with Gasteiger partial charge < -0.3 is 19.7 Å². The number of benzene rings is 3. The minimum atomic E-state index is -0.0931. The van der Waals surface area contributed by atoms with Crippen LogP contribution in [-0.4, -0.2) is 32.1 Å². The molecular formula is C25H26N2O3. The van der Waals surface area contributed by atoms with E-state index in [0.717, 1.165) is 31.7 Å². The molecule has 1 amide bonds. The average molecular weight is 402 g/mol. The quantitative estimate of drug-likeness (QED) is 0.638. The second kappa shape index (κ2) is 9.35. The number of rotatable bonds is 6. The van der Waals surface area contributed by atoms with Gasteiger partial charge in [-0.2, -0.15) is 0 Å². The highest BCUT2D eigenvalue weighted by atomic mass is 16.5. The van der Waals surface area contributed by atoms with Gasteiger partial charge in [0.1, 0.15) is 17.2 Å². The number of methoxy groups -OCH3 is 1. The summed E-state index contributed by atoms with van der Waals surface area (Å²) in [7, 11) is 1.67. The second-order valence-corrected chi connectivity index (χ2v) is 7.34. The summed E-state index contributed by atoms with van der Waals surface area (Å²) in [4.78, 5) is 15.3. The number of nitrogens with zero attached hydrogens (tertiary/aromatic N) is 1. The van der Waals surface area contributed by atoms with E-state index < -0.39 is 0 Å². The molecule has 0 aromatic heterocycles. The number of nitrogens with one attached hydrogen (secondary N) is 1. The monoisotopic (exact) mass is 402 g/mol. The van der Waals surface area contributed by atoms with Crippen molar-refractivity contribution in [2.75, 3.05) is 25.1 Å². The highest BCUT2D eigenvalue weighted by Gasteiger charge is 2.22. The Balaban J connectivity index is 1.36. The molecule has 0 bridgehead atoms. The van der Waals surface area contributed by atoms with Crippen molar-refractivity contribution in [1.82, 2.24) is 5.32 Å². The highest BCUT2D eigenvalue weighted by Crippen LogP contribution is 2.26. The van der Waals surface area contributed by atoms with Crippen molar-refractivity contribution in [2.45, 2.75) is 18.9 Å². The van der Waals surface area contributed by atoms with Crippen molar-refractivity contribution >= 4 is 11.6 Å². The zero-order valence-electron chi connectivity index (χ0n) is 17.1. The summed E-state index contributed by atoms with van der Waals surface area (Å²) < 4.78 is 11.2. The van der Waals surface area contributed by atoms with Gasteiger partial charge >= 0.3 is 0 Å². The van der Waals surface area contributed by atoms with Crippen LogP contribution in [0.4, 0.5) is 5.69 Å². The Bertz CT molecular complexity index is 965. The van der Waals surface area contributed by atoms with E-state index in [0.29, 0.717) is 17.1 Å². The molecule has 0 radical (unpaired) electrons. The first kappa shape index (κ1) is 19.8. The molecule has 1 aliphatic heterocycles. The van der Waals surface area contributed by atoms with Crippen LogP contribution < -0.4 is 19.7 Å². The van der Waals surface area contributed by atoms with Crippen molar-refractivity contribution in [3.63, 3.8) is 0 Å². The van der Waals surface area contributed by atoms with E-state index in [1.54, 1.807) is 13.2 Å². The van der Waals surface area contributed by atoms with Gasteiger partial charge in [0.2, 0.25) is 0 Å². The molecule has 1 saturated heterocycles. The lowest BCUT2D eigenvalue weighted by molar-refractivity contribution is 0.0929. The first-order valence-corrected chi connectivity index (χ1v) is 10.2. The van der Waals surface area contributed by atoms with E-state index in [1.807, 2.05) is 60.7 Å². The molecule has 1 aliphatic rings. The SMILES string of the molecule is COc1ccc(N2CCC(NC(=O)c3ccccc3Oc3ccccc3)CC2)cc1.